The van der Waals surface area contributed by atoms with Crippen molar-refractivity contribution in [2.45, 2.75) is 36.8 Å². The highest BCUT2D eigenvalue weighted by atomic mass is 35.5. The summed E-state index contributed by atoms with van der Waals surface area (Å²) >= 11 is 7.04. The van der Waals surface area contributed by atoms with Crippen LogP contribution in [0, 0.1) is 12.8 Å². The summed E-state index contributed by atoms with van der Waals surface area (Å²) in [5.41, 5.74) is 0.775. The standard InChI is InChI=1S/C13H18ClNO4S2/c1-9-8-12(20-13(9)14)21(18,19)15-6-4-10(5-7-15)2-3-11(16)17/h8,10H,2-7H2,1H3,(H,16,17). The van der Waals surface area contributed by atoms with Crippen molar-refractivity contribution >= 4 is 38.9 Å². The lowest BCUT2D eigenvalue weighted by molar-refractivity contribution is -0.137. The highest BCUT2D eigenvalue weighted by molar-refractivity contribution is 7.91. The van der Waals surface area contributed by atoms with Crippen LogP contribution in [-0.2, 0) is 14.8 Å². The number of carbonyl (C=O) groups is 1. The molecule has 0 aromatic carbocycles. The highest BCUT2D eigenvalue weighted by Crippen LogP contribution is 2.33. The van der Waals surface area contributed by atoms with Crippen molar-refractivity contribution in [3.8, 4) is 0 Å². The molecular formula is C13H18ClNO4S2. The molecule has 1 aliphatic rings. The largest absolute Gasteiger partial charge is 0.481 e. The molecule has 0 bridgehead atoms. The predicted molar refractivity (Wildman–Crippen MR) is 82.4 cm³/mol. The fourth-order valence-corrected chi connectivity index (χ4v) is 5.78. The van der Waals surface area contributed by atoms with Gasteiger partial charge in [0.15, 0.2) is 0 Å². The van der Waals surface area contributed by atoms with E-state index in [2.05, 4.69) is 0 Å². The number of thiophene rings is 1. The van der Waals surface area contributed by atoms with Crippen molar-refractivity contribution in [2.24, 2.45) is 5.92 Å². The van der Waals surface area contributed by atoms with Gasteiger partial charge in [-0.05, 0) is 43.7 Å². The molecule has 8 heteroatoms. The van der Waals surface area contributed by atoms with Crippen molar-refractivity contribution < 1.29 is 18.3 Å². The molecule has 0 saturated carbocycles. The van der Waals surface area contributed by atoms with Crippen LogP contribution in [0.25, 0.3) is 0 Å². The summed E-state index contributed by atoms with van der Waals surface area (Å²) in [4.78, 5) is 10.6. The first-order valence-electron chi connectivity index (χ1n) is 6.78. The van der Waals surface area contributed by atoms with Crippen LogP contribution in [-0.4, -0.2) is 36.9 Å². The van der Waals surface area contributed by atoms with E-state index in [4.69, 9.17) is 16.7 Å². The van der Waals surface area contributed by atoms with Gasteiger partial charge in [0.05, 0.1) is 4.34 Å². The number of nitrogens with zero attached hydrogens (tertiary/aromatic N) is 1. The summed E-state index contributed by atoms with van der Waals surface area (Å²) in [5.74, 6) is -0.505. The Morgan fingerprint density at radius 3 is 2.57 bits per heavy atom. The van der Waals surface area contributed by atoms with E-state index in [1.54, 1.807) is 13.0 Å². The minimum atomic E-state index is -3.47. The molecule has 0 aliphatic carbocycles. The average Bonchev–Trinajstić information content (AvgIpc) is 2.77. The Bertz CT molecular complexity index is 599. The van der Waals surface area contributed by atoms with Gasteiger partial charge in [-0.3, -0.25) is 4.79 Å². The number of carboxylic acid groups (broad SMARTS) is 1. The molecule has 1 N–H and O–H groups in total. The summed E-state index contributed by atoms with van der Waals surface area (Å²) in [7, 11) is -3.47. The summed E-state index contributed by atoms with van der Waals surface area (Å²) in [6, 6.07) is 1.61. The molecule has 118 valence electrons. The van der Waals surface area contributed by atoms with Gasteiger partial charge in [-0.15, -0.1) is 11.3 Å². The Balaban J connectivity index is 1.99. The van der Waals surface area contributed by atoms with E-state index in [-0.39, 0.29) is 10.6 Å². The second-order valence-corrected chi connectivity index (χ2v) is 9.12. The number of hydrogen-bond acceptors (Lipinski definition) is 4. The number of hydrogen-bond donors (Lipinski definition) is 1. The van der Waals surface area contributed by atoms with Gasteiger partial charge in [-0.1, -0.05) is 11.6 Å². The molecule has 1 fully saturated rings. The maximum Gasteiger partial charge on any atom is 0.303 e. The smallest absolute Gasteiger partial charge is 0.303 e. The zero-order valence-electron chi connectivity index (χ0n) is 11.7. The van der Waals surface area contributed by atoms with E-state index in [1.807, 2.05) is 0 Å². The summed E-state index contributed by atoms with van der Waals surface area (Å²) in [5, 5.41) is 8.68. The Labute approximate surface area is 133 Å². The Kier molecular flexibility index (Phi) is 5.29. The van der Waals surface area contributed by atoms with E-state index < -0.39 is 16.0 Å². The lowest BCUT2D eigenvalue weighted by Gasteiger charge is -2.30. The maximum atomic E-state index is 12.5. The van der Waals surface area contributed by atoms with Crippen LogP contribution in [0.4, 0.5) is 0 Å². The minimum Gasteiger partial charge on any atom is -0.481 e. The number of piperidine rings is 1. The zero-order valence-corrected chi connectivity index (χ0v) is 14.1. The molecule has 1 aromatic rings. The predicted octanol–water partition coefficient (Wildman–Crippen LogP) is 2.98. The lowest BCUT2D eigenvalue weighted by atomic mass is 9.93. The molecule has 0 unspecified atom stereocenters. The number of halogens is 1. The van der Waals surface area contributed by atoms with Gasteiger partial charge in [0, 0.05) is 19.5 Å². The van der Waals surface area contributed by atoms with Gasteiger partial charge < -0.3 is 5.11 Å². The fourth-order valence-electron chi connectivity index (χ4n) is 2.45. The molecule has 1 saturated heterocycles. The van der Waals surface area contributed by atoms with Crippen LogP contribution in [0.2, 0.25) is 4.34 Å². The quantitative estimate of drug-likeness (QED) is 0.884. The van der Waals surface area contributed by atoms with E-state index in [0.717, 1.165) is 16.9 Å². The molecule has 0 atom stereocenters. The van der Waals surface area contributed by atoms with Crippen LogP contribution < -0.4 is 0 Å². The van der Waals surface area contributed by atoms with Crippen LogP contribution in [0.1, 0.15) is 31.2 Å². The normalized spacial score (nSPS) is 18.0. The molecule has 0 radical (unpaired) electrons. The number of rotatable bonds is 5. The molecule has 1 aromatic heterocycles. The van der Waals surface area contributed by atoms with Gasteiger partial charge in [-0.2, -0.15) is 4.31 Å². The molecule has 5 nitrogen and oxygen atoms in total. The molecule has 0 spiro atoms. The fraction of sp³-hybridized carbons (Fsp3) is 0.615. The molecule has 1 aliphatic heterocycles. The Hall–Kier alpha value is -0.630. The Morgan fingerprint density at radius 1 is 1.48 bits per heavy atom. The number of carboxylic acids is 1. The van der Waals surface area contributed by atoms with Crippen LogP contribution in [0.3, 0.4) is 0 Å². The first kappa shape index (κ1) is 16.7. The van der Waals surface area contributed by atoms with E-state index in [0.29, 0.717) is 42.6 Å². The lowest BCUT2D eigenvalue weighted by Crippen LogP contribution is -2.38. The third-order valence-electron chi connectivity index (χ3n) is 3.77. The van der Waals surface area contributed by atoms with Gasteiger partial charge in [-0.25, -0.2) is 8.42 Å². The number of sulfonamides is 1. The SMILES string of the molecule is Cc1cc(S(=O)(=O)N2CCC(CCC(=O)O)CC2)sc1Cl. The minimum absolute atomic E-state index is 0.150. The average molecular weight is 352 g/mol. The van der Waals surface area contributed by atoms with E-state index >= 15 is 0 Å². The molecule has 21 heavy (non-hydrogen) atoms. The van der Waals surface area contributed by atoms with Gasteiger partial charge in [0.2, 0.25) is 0 Å². The Morgan fingerprint density at radius 2 is 2.10 bits per heavy atom. The van der Waals surface area contributed by atoms with Gasteiger partial charge in [0.1, 0.15) is 4.21 Å². The third kappa shape index (κ3) is 3.97. The zero-order chi connectivity index (χ0) is 15.6. The van der Waals surface area contributed by atoms with Crippen molar-refractivity contribution in [3.05, 3.63) is 16.0 Å². The van der Waals surface area contributed by atoms with Gasteiger partial charge in [0.25, 0.3) is 10.0 Å². The summed E-state index contributed by atoms with van der Waals surface area (Å²) < 4.78 is 27.3. The second kappa shape index (κ2) is 6.64. The highest BCUT2D eigenvalue weighted by Gasteiger charge is 2.31. The molecule has 2 rings (SSSR count). The second-order valence-electron chi connectivity index (χ2n) is 5.30. The van der Waals surface area contributed by atoms with Gasteiger partial charge >= 0.3 is 5.97 Å². The number of aryl methyl sites for hydroxylation is 1. The molecule has 2 heterocycles. The van der Waals surface area contributed by atoms with Crippen molar-refractivity contribution in [1.82, 2.24) is 4.31 Å². The summed E-state index contributed by atoms with van der Waals surface area (Å²) in [6.07, 6.45) is 2.19. The summed E-state index contributed by atoms with van der Waals surface area (Å²) in [6.45, 7) is 2.68. The first-order valence-corrected chi connectivity index (χ1v) is 9.42. The molecule has 0 amide bonds. The number of aliphatic carboxylic acids is 1. The van der Waals surface area contributed by atoms with Crippen molar-refractivity contribution in [2.75, 3.05) is 13.1 Å². The molecular weight excluding hydrogens is 334 g/mol. The van der Waals surface area contributed by atoms with E-state index in [9.17, 15) is 13.2 Å². The van der Waals surface area contributed by atoms with Crippen LogP contribution in [0.15, 0.2) is 10.3 Å². The monoisotopic (exact) mass is 351 g/mol. The van der Waals surface area contributed by atoms with Crippen molar-refractivity contribution in [1.29, 1.82) is 0 Å². The first-order chi connectivity index (χ1) is 9.80. The van der Waals surface area contributed by atoms with Crippen LogP contribution >= 0.6 is 22.9 Å². The maximum absolute atomic E-state index is 12.5. The van der Waals surface area contributed by atoms with E-state index in [1.165, 1.54) is 4.31 Å². The topological polar surface area (TPSA) is 74.7 Å². The van der Waals surface area contributed by atoms with Crippen molar-refractivity contribution in [3.63, 3.8) is 0 Å². The van der Waals surface area contributed by atoms with Crippen LogP contribution in [0.5, 0.6) is 0 Å². The third-order valence-corrected chi connectivity index (χ3v) is 7.67.